The molecule has 4 nitrogen and oxygen atoms in total. The van der Waals surface area contributed by atoms with Crippen LogP contribution in [0.1, 0.15) is 23.9 Å². The van der Waals surface area contributed by atoms with Gasteiger partial charge in [0.1, 0.15) is 12.4 Å². The van der Waals surface area contributed by atoms with Crippen molar-refractivity contribution in [2.75, 3.05) is 0 Å². The number of aromatic nitrogens is 2. The lowest BCUT2D eigenvalue weighted by molar-refractivity contribution is 0.292. The average molecular weight is 280 g/mol. The molecule has 0 radical (unpaired) electrons. The summed E-state index contributed by atoms with van der Waals surface area (Å²) in [5, 5.41) is 5.05. The highest BCUT2D eigenvalue weighted by molar-refractivity contribution is 6.31. The maximum Gasteiger partial charge on any atom is 0.131 e. The summed E-state index contributed by atoms with van der Waals surface area (Å²) in [4.78, 5) is 0. The lowest BCUT2D eigenvalue weighted by atomic mass is 10.2. The van der Waals surface area contributed by atoms with E-state index in [4.69, 9.17) is 22.1 Å². The van der Waals surface area contributed by atoms with Crippen LogP contribution in [0, 0.1) is 0 Å². The molecule has 0 atom stereocenters. The quantitative estimate of drug-likeness (QED) is 0.915. The number of aryl methyl sites for hydroxylation is 2. The first kappa shape index (κ1) is 13.9. The zero-order valence-electron chi connectivity index (χ0n) is 11.2. The summed E-state index contributed by atoms with van der Waals surface area (Å²) in [5.74, 6) is 0.792. The lowest BCUT2D eigenvalue weighted by Gasteiger charge is -2.10. The minimum absolute atomic E-state index is 0.388. The Morgan fingerprint density at radius 1 is 1.37 bits per heavy atom. The number of halogens is 1. The number of hydrogen-bond acceptors (Lipinski definition) is 3. The van der Waals surface area contributed by atoms with Gasteiger partial charge in [-0.1, -0.05) is 36.7 Å². The zero-order valence-corrected chi connectivity index (χ0v) is 11.9. The van der Waals surface area contributed by atoms with Gasteiger partial charge in [0.15, 0.2) is 0 Å². The fourth-order valence-electron chi connectivity index (χ4n) is 1.94. The summed E-state index contributed by atoms with van der Waals surface area (Å²) < 4.78 is 7.58. The smallest absolute Gasteiger partial charge is 0.131 e. The van der Waals surface area contributed by atoms with Crippen LogP contribution in [0.3, 0.4) is 0 Å². The molecule has 1 heterocycles. The van der Waals surface area contributed by atoms with E-state index in [1.807, 2.05) is 38.2 Å². The van der Waals surface area contributed by atoms with Crippen LogP contribution in [0.15, 0.2) is 24.3 Å². The third-order valence-corrected chi connectivity index (χ3v) is 3.50. The van der Waals surface area contributed by atoms with Crippen molar-refractivity contribution in [3.63, 3.8) is 0 Å². The number of rotatable bonds is 5. The average Bonchev–Trinajstić information content (AvgIpc) is 2.71. The number of benzene rings is 1. The number of ether oxygens (including phenoxy) is 1. The van der Waals surface area contributed by atoms with Gasteiger partial charge in [-0.25, -0.2) is 0 Å². The second kappa shape index (κ2) is 6.08. The van der Waals surface area contributed by atoms with Crippen molar-refractivity contribution in [1.82, 2.24) is 9.78 Å². The number of hydrogen-bond donors (Lipinski definition) is 1. The zero-order chi connectivity index (χ0) is 13.8. The fourth-order valence-corrected chi connectivity index (χ4v) is 2.28. The number of para-hydroxylation sites is 1. The Labute approximate surface area is 118 Å². The standard InChI is InChI=1S/C14H18ClN3O/c1-3-11-14(15)12(18(2)17-11)9-19-13-7-5-4-6-10(13)8-16/h4-7H,3,8-9,16H2,1-2H3. The first-order chi connectivity index (χ1) is 9.17. The minimum atomic E-state index is 0.388. The van der Waals surface area contributed by atoms with E-state index in [9.17, 15) is 0 Å². The van der Waals surface area contributed by atoms with Crippen LogP contribution in [0.5, 0.6) is 5.75 Å². The van der Waals surface area contributed by atoms with E-state index in [2.05, 4.69) is 5.10 Å². The van der Waals surface area contributed by atoms with Crippen molar-refractivity contribution in [2.24, 2.45) is 12.8 Å². The van der Waals surface area contributed by atoms with Gasteiger partial charge in [0.05, 0.1) is 16.4 Å². The molecule has 1 aromatic heterocycles. The summed E-state index contributed by atoms with van der Waals surface area (Å²) in [5.41, 5.74) is 8.44. The summed E-state index contributed by atoms with van der Waals surface area (Å²) in [7, 11) is 1.87. The Balaban J connectivity index is 2.17. The largest absolute Gasteiger partial charge is 0.487 e. The third kappa shape index (κ3) is 2.91. The van der Waals surface area contributed by atoms with Gasteiger partial charge >= 0.3 is 0 Å². The van der Waals surface area contributed by atoms with Gasteiger partial charge < -0.3 is 10.5 Å². The van der Waals surface area contributed by atoms with Crippen LogP contribution in [-0.2, 0) is 26.6 Å². The molecule has 0 spiro atoms. The summed E-state index contributed by atoms with van der Waals surface area (Å²) >= 11 is 6.28. The summed E-state index contributed by atoms with van der Waals surface area (Å²) in [6, 6.07) is 7.74. The van der Waals surface area contributed by atoms with Crippen molar-refractivity contribution in [1.29, 1.82) is 0 Å². The number of nitrogens with zero attached hydrogens (tertiary/aromatic N) is 2. The molecule has 0 unspecified atom stereocenters. The highest BCUT2D eigenvalue weighted by atomic mass is 35.5. The minimum Gasteiger partial charge on any atom is -0.487 e. The topological polar surface area (TPSA) is 53.1 Å². The van der Waals surface area contributed by atoms with Crippen LogP contribution in [0.4, 0.5) is 0 Å². The molecule has 19 heavy (non-hydrogen) atoms. The van der Waals surface area contributed by atoms with Crippen molar-refractivity contribution in [3.8, 4) is 5.75 Å². The van der Waals surface area contributed by atoms with Crippen molar-refractivity contribution in [3.05, 3.63) is 46.2 Å². The van der Waals surface area contributed by atoms with E-state index < -0.39 is 0 Å². The van der Waals surface area contributed by atoms with Gasteiger partial charge in [-0.3, -0.25) is 4.68 Å². The van der Waals surface area contributed by atoms with E-state index in [0.29, 0.717) is 18.2 Å². The van der Waals surface area contributed by atoms with E-state index in [1.165, 1.54) is 0 Å². The fraction of sp³-hybridized carbons (Fsp3) is 0.357. The predicted octanol–water partition coefficient (Wildman–Crippen LogP) is 2.67. The van der Waals surface area contributed by atoms with Gasteiger partial charge in [-0.15, -0.1) is 0 Å². The van der Waals surface area contributed by atoms with Crippen LogP contribution in [0.25, 0.3) is 0 Å². The predicted molar refractivity (Wildman–Crippen MR) is 76.3 cm³/mol. The molecule has 2 N–H and O–H groups in total. The van der Waals surface area contributed by atoms with Crippen LogP contribution >= 0.6 is 11.6 Å². The van der Waals surface area contributed by atoms with Gasteiger partial charge in [0, 0.05) is 19.2 Å². The van der Waals surface area contributed by atoms with Gasteiger partial charge in [0.2, 0.25) is 0 Å². The molecule has 0 saturated carbocycles. The van der Waals surface area contributed by atoms with E-state index in [1.54, 1.807) is 4.68 Å². The van der Waals surface area contributed by atoms with Gasteiger partial charge in [-0.2, -0.15) is 5.10 Å². The lowest BCUT2D eigenvalue weighted by Crippen LogP contribution is -2.06. The molecule has 2 aromatic rings. The molecule has 0 saturated heterocycles. The van der Waals surface area contributed by atoms with E-state index in [0.717, 1.165) is 29.1 Å². The van der Waals surface area contributed by atoms with E-state index in [-0.39, 0.29) is 0 Å². The molecule has 0 amide bonds. The number of nitrogens with two attached hydrogens (primary N) is 1. The molecule has 2 rings (SSSR count). The van der Waals surface area contributed by atoms with Crippen LogP contribution in [-0.4, -0.2) is 9.78 Å². The summed E-state index contributed by atoms with van der Waals surface area (Å²) in [6.45, 7) is 2.87. The first-order valence-corrected chi connectivity index (χ1v) is 6.66. The molecule has 1 aromatic carbocycles. The molecule has 0 aliphatic rings. The molecule has 5 heteroatoms. The Bertz CT molecular complexity index is 566. The second-order valence-corrected chi connectivity index (χ2v) is 4.66. The first-order valence-electron chi connectivity index (χ1n) is 6.28. The van der Waals surface area contributed by atoms with Crippen LogP contribution in [0.2, 0.25) is 5.02 Å². The molecule has 0 aliphatic heterocycles. The van der Waals surface area contributed by atoms with Crippen LogP contribution < -0.4 is 10.5 Å². The van der Waals surface area contributed by atoms with Gasteiger partial charge in [-0.05, 0) is 12.5 Å². The summed E-state index contributed by atoms with van der Waals surface area (Å²) in [6.07, 6.45) is 0.812. The molecule has 0 aliphatic carbocycles. The van der Waals surface area contributed by atoms with Crippen molar-refractivity contribution >= 4 is 11.6 Å². The normalized spacial score (nSPS) is 10.7. The van der Waals surface area contributed by atoms with Gasteiger partial charge in [0.25, 0.3) is 0 Å². The third-order valence-electron chi connectivity index (χ3n) is 3.06. The molecule has 0 bridgehead atoms. The maximum absolute atomic E-state index is 6.28. The molecular weight excluding hydrogens is 262 g/mol. The Morgan fingerprint density at radius 3 is 2.74 bits per heavy atom. The highest BCUT2D eigenvalue weighted by Crippen LogP contribution is 2.24. The Hall–Kier alpha value is -1.52. The molecule has 102 valence electrons. The van der Waals surface area contributed by atoms with Crippen molar-refractivity contribution < 1.29 is 4.74 Å². The maximum atomic E-state index is 6.28. The van der Waals surface area contributed by atoms with Crippen molar-refractivity contribution in [2.45, 2.75) is 26.5 Å². The Morgan fingerprint density at radius 2 is 2.11 bits per heavy atom. The SMILES string of the molecule is CCc1nn(C)c(COc2ccccc2CN)c1Cl. The molecular formula is C14H18ClN3O. The van der Waals surface area contributed by atoms with E-state index >= 15 is 0 Å². The monoisotopic (exact) mass is 279 g/mol. The molecule has 0 fully saturated rings. The highest BCUT2D eigenvalue weighted by Gasteiger charge is 2.13. The second-order valence-electron chi connectivity index (χ2n) is 4.29. The Kier molecular flexibility index (Phi) is 4.45.